The molecule has 4 heteroatoms. The summed E-state index contributed by atoms with van der Waals surface area (Å²) < 4.78 is 6.02. The Morgan fingerprint density at radius 3 is 2.85 bits per heavy atom. The molecule has 0 aromatic rings. The Morgan fingerprint density at radius 1 is 1.15 bits per heavy atom. The van der Waals surface area contributed by atoms with Crippen molar-refractivity contribution in [3.63, 3.8) is 0 Å². The van der Waals surface area contributed by atoms with Gasteiger partial charge in [0, 0.05) is 38.3 Å². The van der Waals surface area contributed by atoms with Crippen molar-refractivity contribution >= 4 is 0 Å². The van der Waals surface area contributed by atoms with Crippen molar-refractivity contribution in [1.29, 1.82) is 0 Å². The van der Waals surface area contributed by atoms with E-state index in [1.807, 2.05) is 0 Å². The molecule has 0 bridgehead atoms. The smallest absolute Gasteiger partial charge is 0.0599 e. The molecule has 0 aromatic carbocycles. The molecule has 2 unspecified atom stereocenters. The minimum Gasteiger partial charge on any atom is -0.378 e. The molecule has 116 valence electrons. The largest absolute Gasteiger partial charge is 0.378 e. The van der Waals surface area contributed by atoms with E-state index in [0.717, 1.165) is 31.8 Å². The van der Waals surface area contributed by atoms with Crippen molar-refractivity contribution in [1.82, 2.24) is 15.1 Å². The Morgan fingerprint density at radius 2 is 2.00 bits per heavy atom. The topological polar surface area (TPSA) is 27.7 Å². The standard InChI is InChI=1S/C16H31N3O/c1-14-12-19-9-2-4-15(19)13-18(14)10-3-11-20-16-5-7-17-8-6-16/h14-17H,2-13H2,1H3. The molecule has 3 rings (SSSR count). The van der Waals surface area contributed by atoms with Gasteiger partial charge < -0.3 is 10.1 Å². The second-order valence-electron chi connectivity index (χ2n) is 6.81. The molecule has 3 saturated heterocycles. The minimum atomic E-state index is 0.514. The van der Waals surface area contributed by atoms with Crippen LogP contribution in [0, 0.1) is 0 Å². The van der Waals surface area contributed by atoms with Gasteiger partial charge in [-0.3, -0.25) is 9.80 Å². The van der Waals surface area contributed by atoms with E-state index in [1.165, 1.54) is 58.3 Å². The Hall–Kier alpha value is -0.160. The molecule has 0 aliphatic carbocycles. The predicted molar refractivity (Wildman–Crippen MR) is 82.1 cm³/mol. The molecular formula is C16H31N3O. The fraction of sp³-hybridized carbons (Fsp3) is 1.00. The van der Waals surface area contributed by atoms with Gasteiger partial charge in [-0.1, -0.05) is 0 Å². The number of rotatable bonds is 5. The van der Waals surface area contributed by atoms with Crippen LogP contribution in [0.25, 0.3) is 0 Å². The maximum Gasteiger partial charge on any atom is 0.0599 e. The van der Waals surface area contributed by atoms with Gasteiger partial charge >= 0.3 is 0 Å². The number of nitrogens with zero attached hydrogens (tertiary/aromatic N) is 2. The van der Waals surface area contributed by atoms with Crippen molar-refractivity contribution in [2.75, 3.05) is 45.9 Å². The van der Waals surface area contributed by atoms with Gasteiger partial charge in [0.2, 0.25) is 0 Å². The van der Waals surface area contributed by atoms with Crippen LogP contribution in [-0.2, 0) is 4.74 Å². The summed E-state index contributed by atoms with van der Waals surface area (Å²) in [6.45, 7) is 10.7. The molecule has 20 heavy (non-hydrogen) atoms. The van der Waals surface area contributed by atoms with E-state index in [9.17, 15) is 0 Å². The average molecular weight is 281 g/mol. The number of piperazine rings is 1. The van der Waals surface area contributed by atoms with Crippen molar-refractivity contribution in [3.05, 3.63) is 0 Å². The molecule has 0 spiro atoms. The lowest BCUT2D eigenvalue weighted by molar-refractivity contribution is 0.0156. The third-order valence-corrected chi connectivity index (χ3v) is 5.30. The Balaban J connectivity index is 1.33. The number of piperidine rings is 1. The summed E-state index contributed by atoms with van der Waals surface area (Å²) in [6.07, 6.45) is 6.91. The van der Waals surface area contributed by atoms with Gasteiger partial charge in [-0.2, -0.15) is 0 Å². The second-order valence-corrected chi connectivity index (χ2v) is 6.81. The van der Waals surface area contributed by atoms with Gasteiger partial charge in [0.05, 0.1) is 6.10 Å². The average Bonchev–Trinajstić information content (AvgIpc) is 2.91. The van der Waals surface area contributed by atoms with Crippen molar-refractivity contribution < 1.29 is 4.74 Å². The molecule has 1 N–H and O–H groups in total. The molecule has 0 amide bonds. The van der Waals surface area contributed by atoms with Crippen LogP contribution in [0.5, 0.6) is 0 Å². The normalized spacial score (nSPS) is 33.5. The van der Waals surface area contributed by atoms with E-state index in [0.29, 0.717) is 6.10 Å². The summed E-state index contributed by atoms with van der Waals surface area (Å²) in [5.74, 6) is 0. The first-order chi connectivity index (χ1) is 9.83. The van der Waals surface area contributed by atoms with Crippen molar-refractivity contribution in [2.24, 2.45) is 0 Å². The number of nitrogens with one attached hydrogen (secondary N) is 1. The van der Waals surface area contributed by atoms with Crippen LogP contribution in [0.2, 0.25) is 0 Å². The highest BCUT2D eigenvalue weighted by Gasteiger charge is 2.33. The molecule has 0 radical (unpaired) electrons. The number of fused-ring (bicyclic) bond motifs is 1. The first-order valence-corrected chi connectivity index (χ1v) is 8.63. The first-order valence-electron chi connectivity index (χ1n) is 8.63. The zero-order chi connectivity index (χ0) is 13.8. The lowest BCUT2D eigenvalue weighted by atomic mass is 10.1. The highest BCUT2D eigenvalue weighted by Crippen LogP contribution is 2.24. The Bertz CT molecular complexity index is 293. The van der Waals surface area contributed by atoms with E-state index in [-0.39, 0.29) is 0 Å². The maximum atomic E-state index is 6.02. The van der Waals surface area contributed by atoms with E-state index >= 15 is 0 Å². The molecule has 0 aromatic heterocycles. The van der Waals surface area contributed by atoms with Crippen LogP contribution in [0.15, 0.2) is 0 Å². The monoisotopic (exact) mass is 281 g/mol. The summed E-state index contributed by atoms with van der Waals surface area (Å²) in [4.78, 5) is 5.39. The highest BCUT2D eigenvalue weighted by atomic mass is 16.5. The van der Waals surface area contributed by atoms with Crippen LogP contribution in [-0.4, -0.2) is 73.9 Å². The molecule has 3 aliphatic rings. The first kappa shape index (κ1) is 14.8. The molecule has 3 fully saturated rings. The second kappa shape index (κ2) is 7.21. The van der Waals surface area contributed by atoms with Crippen LogP contribution in [0.1, 0.15) is 39.0 Å². The molecular weight excluding hydrogens is 250 g/mol. The maximum absolute atomic E-state index is 6.02. The van der Waals surface area contributed by atoms with E-state index in [4.69, 9.17) is 4.74 Å². The van der Waals surface area contributed by atoms with Crippen LogP contribution < -0.4 is 5.32 Å². The summed E-state index contributed by atoms with van der Waals surface area (Å²) in [5.41, 5.74) is 0. The third kappa shape index (κ3) is 3.73. The van der Waals surface area contributed by atoms with Gasteiger partial charge in [0.15, 0.2) is 0 Å². The van der Waals surface area contributed by atoms with E-state index < -0.39 is 0 Å². The van der Waals surface area contributed by atoms with Gasteiger partial charge in [0.1, 0.15) is 0 Å². The number of ether oxygens (including phenoxy) is 1. The zero-order valence-electron chi connectivity index (χ0n) is 13.0. The van der Waals surface area contributed by atoms with Crippen LogP contribution in [0.4, 0.5) is 0 Å². The molecule has 0 saturated carbocycles. The lowest BCUT2D eigenvalue weighted by Crippen LogP contribution is -2.55. The van der Waals surface area contributed by atoms with Crippen LogP contribution >= 0.6 is 0 Å². The summed E-state index contributed by atoms with van der Waals surface area (Å²) in [6, 6.07) is 1.57. The zero-order valence-corrected chi connectivity index (χ0v) is 13.0. The van der Waals surface area contributed by atoms with Crippen LogP contribution in [0.3, 0.4) is 0 Å². The predicted octanol–water partition coefficient (Wildman–Crippen LogP) is 1.31. The van der Waals surface area contributed by atoms with Gasteiger partial charge in [0.25, 0.3) is 0 Å². The van der Waals surface area contributed by atoms with Gasteiger partial charge in [-0.15, -0.1) is 0 Å². The van der Waals surface area contributed by atoms with Gasteiger partial charge in [-0.25, -0.2) is 0 Å². The summed E-state index contributed by atoms with van der Waals surface area (Å²) in [7, 11) is 0. The molecule has 3 heterocycles. The molecule has 2 atom stereocenters. The summed E-state index contributed by atoms with van der Waals surface area (Å²) in [5, 5.41) is 3.39. The summed E-state index contributed by atoms with van der Waals surface area (Å²) >= 11 is 0. The van der Waals surface area contributed by atoms with Crippen molar-refractivity contribution in [2.45, 2.75) is 57.2 Å². The number of hydrogen-bond donors (Lipinski definition) is 1. The molecule has 4 nitrogen and oxygen atoms in total. The van der Waals surface area contributed by atoms with Gasteiger partial charge in [-0.05, 0) is 58.7 Å². The quantitative estimate of drug-likeness (QED) is 0.769. The van der Waals surface area contributed by atoms with E-state index in [2.05, 4.69) is 22.0 Å². The lowest BCUT2D eigenvalue weighted by Gasteiger charge is -2.42. The Kier molecular flexibility index (Phi) is 5.32. The number of hydrogen-bond acceptors (Lipinski definition) is 4. The third-order valence-electron chi connectivity index (χ3n) is 5.30. The fourth-order valence-corrected chi connectivity index (χ4v) is 4.04. The SMILES string of the molecule is CC1CN2CCCC2CN1CCCOC1CCNCC1. The molecule has 3 aliphatic heterocycles. The van der Waals surface area contributed by atoms with Crippen molar-refractivity contribution in [3.8, 4) is 0 Å². The highest BCUT2D eigenvalue weighted by molar-refractivity contribution is 4.90. The fourth-order valence-electron chi connectivity index (χ4n) is 4.04. The minimum absolute atomic E-state index is 0.514. The van der Waals surface area contributed by atoms with E-state index in [1.54, 1.807) is 0 Å². The Labute approximate surface area is 123 Å².